The van der Waals surface area contributed by atoms with Gasteiger partial charge >= 0.3 is 0 Å². The van der Waals surface area contributed by atoms with Gasteiger partial charge in [0.15, 0.2) is 0 Å². The third-order valence-electron chi connectivity index (χ3n) is 4.33. The number of likely N-dealkylation sites (tertiary alicyclic amines) is 1. The molecule has 4 heterocycles. The zero-order valence-corrected chi connectivity index (χ0v) is 11.9. The fraction of sp³-hybridized carbons (Fsp3) is 0.533. The second-order valence-electron chi connectivity index (χ2n) is 5.89. The largest absolute Gasteiger partial charge is 0.337 e. The van der Waals surface area contributed by atoms with E-state index < -0.39 is 0 Å². The topological polar surface area (TPSA) is 67.1 Å². The van der Waals surface area contributed by atoms with Gasteiger partial charge in [-0.15, -0.1) is 0 Å². The zero-order chi connectivity index (χ0) is 14.1. The predicted molar refractivity (Wildman–Crippen MR) is 77.4 cm³/mol. The van der Waals surface area contributed by atoms with Crippen molar-refractivity contribution in [3.05, 3.63) is 30.3 Å². The molecular weight excluding hydrogens is 266 g/mol. The maximum absolute atomic E-state index is 5.38. The van der Waals surface area contributed by atoms with Crippen molar-refractivity contribution in [2.75, 3.05) is 13.1 Å². The van der Waals surface area contributed by atoms with E-state index in [9.17, 15) is 0 Å². The maximum atomic E-state index is 5.38. The van der Waals surface area contributed by atoms with Gasteiger partial charge in [0.2, 0.25) is 11.7 Å². The van der Waals surface area contributed by atoms with Gasteiger partial charge in [0.05, 0.1) is 6.54 Å². The number of hydrogen-bond acceptors (Lipinski definition) is 6. The highest BCUT2D eigenvalue weighted by molar-refractivity contribution is 5.46. The lowest BCUT2D eigenvalue weighted by Crippen LogP contribution is -2.35. The first kappa shape index (κ1) is 12.9. The van der Waals surface area contributed by atoms with E-state index in [1.165, 1.54) is 19.3 Å². The van der Waals surface area contributed by atoms with E-state index in [1.54, 1.807) is 6.20 Å². The van der Waals surface area contributed by atoms with Crippen LogP contribution in [0.3, 0.4) is 0 Å². The van der Waals surface area contributed by atoms with E-state index in [4.69, 9.17) is 4.52 Å². The van der Waals surface area contributed by atoms with Crippen LogP contribution in [0.25, 0.3) is 11.5 Å². The summed E-state index contributed by atoms with van der Waals surface area (Å²) in [6.07, 6.45) is 5.55. The monoisotopic (exact) mass is 285 g/mol. The van der Waals surface area contributed by atoms with Crippen molar-refractivity contribution in [2.24, 2.45) is 0 Å². The van der Waals surface area contributed by atoms with Crippen LogP contribution in [-0.2, 0) is 6.54 Å². The summed E-state index contributed by atoms with van der Waals surface area (Å²) in [5.41, 5.74) is 0.754. The molecule has 1 N–H and O–H groups in total. The fourth-order valence-corrected chi connectivity index (χ4v) is 3.27. The van der Waals surface area contributed by atoms with Crippen LogP contribution < -0.4 is 5.32 Å². The third kappa shape index (κ3) is 2.82. The summed E-state index contributed by atoms with van der Waals surface area (Å²) < 4.78 is 5.38. The van der Waals surface area contributed by atoms with E-state index >= 15 is 0 Å². The van der Waals surface area contributed by atoms with Gasteiger partial charge in [0.1, 0.15) is 5.69 Å². The molecule has 0 amide bonds. The molecule has 110 valence electrons. The molecule has 6 nitrogen and oxygen atoms in total. The number of rotatable bonds is 3. The standard InChI is InChI=1S/C15H19N5O/c1-2-7-16-13(3-1)15-18-14(21-19-15)10-20-8-6-11-4-5-12(9-20)17-11/h1-3,7,11-12,17H,4-6,8-10H2. The lowest BCUT2D eigenvalue weighted by Gasteiger charge is -2.21. The van der Waals surface area contributed by atoms with Gasteiger partial charge < -0.3 is 9.84 Å². The second-order valence-corrected chi connectivity index (χ2v) is 5.89. The molecule has 2 aromatic rings. The second kappa shape index (κ2) is 5.54. The Labute approximate surface area is 123 Å². The normalized spacial score (nSPS) is 25.9. The average Bonchev–Trinajstić information content (AvgIpc) is 3.09. The van der Waals surface area contributed by atoms with Crippen LogP contribution in [0, 0.1) is 0 Å². The molecule has 2 aromatic heterocycles. The van der Waals surface area contributed by atoms with Crippen molar-refractivity contribution in [1.82, 2.24) is 25.3 Å². The van der Waals surface area contributed by atoms with Crippen LogP contribution in [0.4, 0.5) is 0 Å². The van der Waals surface area contributed by atoms with Crippen LogP contribution in [0.1, 0.15) is 25.2 Å². The average molecular weight is 285 g/mol. The summed E-state index contributed by atoms with van der Waals surface area (Å²) in [7, 11) is 0. The van der Waals surface area contributed by atoms with Crippen molar-refractivity contribution >= 4 is 0 Å². The van der Waals surface area contributed by atoms with Crippen molar-refractivity contribution < 1.29 is 4.52 Å². The van der Waals surface area contributed by atoms with E-state index in [0.717, 1.165) is 25.3 Å². The molecule has 21 heavy (non-hydrogen) atoms. The van der Waals surface area contributed by atoms with Crippen LogP contribution in [0.5, 0.6) is 0 Å². The Kier molecular flexibility index (Phi) is 3.40. The molecule has 2 aliphatic rings. The number of aromatic nitrogens is 3. The minimum Gasteiger partial charge on any atom is -0.337 e. The van der Waals surface area contributed by atoms with Gasteiger partial charge in [0.25, 0.3) is 0 Å². The Bertz CT molecular complexity index is 599. The van der Waals surface area contributed by atoms with E-state index in [2.05, 4.69) is 25.3 Å². The Morgan fingerprint density at radius 2 is 2.19 bits per heavy atom. The van der Waals surface area contributed by atoms with Gasteiger partial charge in [0, 0.05) is 31.4 Å². The summed E-state index contributed by atoms with van der Waals surface area (Å²) in [5.74, 6) is 1.24. The third-order valence-corrected chi connectivity index (χ3v) is 4.33. The zero-order valence-electron chi connectivity index (χ0n) is 11.9. The van der Waals surface area contributed by atoms with Crippen LogP contribution >= 0.6 is 0 Å². The number of nitrogens with one attached hydrogen (secondary N) is 1. The number of hydrogen-bond donors (Lipinski definition) is 1. The first-order valence-electron chi connectivity index (χ1n) is 7.59. The van der Waals surface area contributed by atoms with E-state index in [0.29, 0.717) is 23.8 Å². The van der Waals surface area contributed by atoms with Crippen molar-refractivity contribution in [1.29, 1.82) is 0 Å². The summed E-state index contributed by atoms with van der Waals surface area (Å²) in [6.45, 7) is 2.89. The van der Waals surface area contributed by atoms with Crippen molar-refractivity contribution in [3.8, 4) is 11.5 Å². The Morgan fingerprint density at radius 3 is 3.10 bits per heavy atom. The molecule has 2 unspecified atom stereocenters. The van der Waals surface area contributed by atoms with Crippen molar-refractivity contribution in [3.63, 3.8) is 0 Å². The minimum atomic E-state index is 0.570. The summed E-state index contributed by atoms with van der Waals surface area (Å²) in [6, 6.07) is 7.02. The Balaban J connectivity index is 1.44. The lowest BCUT2D eigenvalue weighted by molar-refractivity contribution is 0.216. The van der Waals surface area contributed by atoms with Gasteiger partial charge in [-0.2, -0.15) is 4.98 Å². The molecule has 0 saturated carbocycles. The van der Waals surface area contributed by atoms with Crippen LogP contribution in [-0.4, -0.2) is 45.2 Å². The lowest BCUT2D eigenvalue weighted by atomic mass is 10.1. The van der Waals surface area contributed by atoms with Gasteiger partial charge in [-0.1, -0.05) is 11.2 Å². The minimum absolute atomic E-state index is 0.570. The van der Waals surface area contributed by atoms with Crippen LogP contribution in [0.15, 0.2) is 28.9 Å². The number of pyridine rings is 1. The molecule has 2 fully saturated rings. The van der Waals surface area contributed by atoms with Crippen LogP contribution in [0.2, 0.25) is 0 Å². The smallest absolute Gasteiger partial charge is 0.241 e. The van der Waals surface area contributed by atoms with E-state index in [1.807, 2.05) is 18.2 Å². The molecule has 2 aliphatic heterocycles. The molecule has 0 radical (unpaired) electrons. The summed E-state index contributed by atoms with van der Waals surface area (Å²) >= 11 is 0. The molecule has 6 heteroatoms. The molecule has 2 atom stereocenters. The predicted octanol–water partition coefficient (Wildman–Crippen LogP) is 1.46. The molecule has 2 bridgehead atoms. The maximum Gasteiger partial charge on any atom is 0.241 e. The summed E-state index contributed by atoms with van der Waals surface area (Å²) in [4.78, 5) is 11.1. The van der Waals surface area contributed by atoms with E-state index in [-0.39, 0.29) is 0 Å². The van der Waals surface area contributed by atoms with Gasteiger partial charge in [-0.25, -0.2) is 0 Å². The molecular formula is C15H19N5O. The Hall–Kier alpha value is -1.79. The fourth-order valence-electron chi connectivity index (χ4n) is 3.27. The van der Waals surface area contributed by atoms with Crippen molar-refractivity contribution in [2.45, 2.75) is 37.9 Å². The number of nitrogens with zero attached hydrogens (tertiary/aromatic N) is 4. The number of fused-ring (bicyclic) bond motifs is 2. The first-order chi connectivity index (χ1) is 10.4. The van der Waals surface area contributed by atoms with Gasteiger partial charge in [-0.3, -0.25) is 9.88 Å². The molecule has 2 saturated heterocycles. The highest BCUT2D eigenvalue weighted by Gasteiger charge is 2.29. The summed E-state index contributed by atoms with van der Waals surface area (Å²) in [5, 5.41) is 7.71. The molecule has 4 rings (SSSR count). The molecule has 0 spiro atoms. The first-order valence-corrected chi connectivity index (χ1v) is 7.59. The van der Waals surface area contributed by atoms with Gasteiger partial charge in [-0.05, 0) is 31.4 Å². The molecule has 0 aliphatic carbocycles. The highest BCUT2D eigenvalue weighted by Crippen LogP contribution is 2.21. The quantitative estimate of drug-likeness (QED) is 0.921. The SMILES string of the molecule is c1ccc(-c2noc(CN3CCC4CCC(C3)N4)n2)nc1. The molecule has 0 aromatic carbocycles. The Morgan fingerprint density at radius 1 is 1.24 bits per heavy atom. The highest BCUT2D eigenvalue weighted by atomic mass is 16.5.